The topological polar surface area (TPSA) is 89.8 Å². The van der Waals surface area contributed by atoms with Crippen molar-refractivity contribution < 1.29 is 19.1 Å². The van der Waals surface area contributed by atoms with Gasteiger partial charge in [0.25, 0.3) is 5.91 Å². The Kier molecular flexibility index (Phi) is 9.25. The van der Waals surface area contributed by atoms with Crippen molar-refractivity contribution in [2.24, 2.45) is 0 Å². The van der Waals surface area contributed by atoms with E-state index in [0.29, 0.717) is 52.0 Å². The molecular weight excluding hydrogens is 597 g/mol. The number of hydrogen-bond donors (Lipinski definition) is 0. The first-order chi connectivity index (χ1) is 20.3. The van der Waals surface area contributed by atoms with E-state index in [2.05, 4.69) is 10.2 Å². The Morgan fingerprint density at radius 3 is 2.31 bits per heavy atom. The maximum absolute atomic E-state index is 13.3. The van der Waals surface area contributed by atoms with E-state index in [1.807, 2.05) is 60.0 Å². The predicted molar refractivity (Wildman–Crippen MR) is 164 cm³/mol. The van der Waals surface area contributed by atoms with Crippen LogP contribution in [-0.4, -0.2) is 82.0 Å². The second-order valence-electron chi connectivity index (χ2n) is 9.71. The van der Waals surface area contributed by atoms with Gasteiger partial charge >= 0.3 is 0 Å². The summed E-state index contributed by atoms with van der Waals surface area (Å²) in [5.74, 6) is 2.01. The molecule has 218 valence electrons. The van der Waals surface area contributed by atoms with E-state index < -0.39 is 0 Å². The van der Waals surface area contributed by atoms with Gasteiger partial charge in [0.2, 0.25) is 5.91 Å². The largest absolute Gasteiger partial charge is 0.497 e. The van der Waals surface area contributed by atoms with Crippen LogP contribution in [0.15, 0.2) is 71.9 Å². The van der Waals surface area contributed by atoms with Crippen molar-refractivity contribution in [2.45, 2.75) is 18.1 Å². The molecule has 2 amide bonds. The highest BCUT2D eigenvalue weighted by Gasteiger charge is 2.31. The Morgan fingerprint density at radius 1 is 0.929 bits per heavy atom. The van der Waals surface area contributed by atoms with E-state index in [9.17, 15) is 9.59 Å². The van der Waals surface area contributed by atoms with E-state index in [1.54, 1.807) is 42.2 Å². The highest BCUT2D eigenvalue weighted by atomic mass is 35.5. The summed E-state index contributed by atoms with van der Waals surface area (Å²) in [6.07, 6.45) is 0. The molecule has 9 nitrogen and oxygen atoms in total. The van der Waals surface area contributed by atoms with Crippen LogP contribution in [0, 0.1) is 0 Å². The van der Waals surface area contributed by atoms with Crippen LogP contribution in [0.1, 0.15) is 17.3 Å². The van der Waals surface area contributed by atoms with Gasteiger partial charge in [-0.1, -0.05) is 47.1 Å². The maximum Gasteiger partial charge on any atom is 0.254 e. The molecule has 5 rings (SSSR count). The Balaban J connectivity index is 1.31. The molecule has 0 bridgehead atoms. The Hall–Kier alpha value is -3.73. The second-order valence-corrected chi connectivity index (χ2v) is 11.5. The number of ether oxygens (including phenoxy) is 2. The molecule has 1 aromatic heterocycles. The second kappa shape index (κ2) is 13.1. The zero-order valence-corrected chi connectivity index (χ0v) is 25.6. The summed E-state index contributed by atoms with van der Waals surface area (Å²) >= 11 is 13.5. The van der Waals surface area contributed by atoms with Crippen molar-refractivity contribution in [3.05, 3.63) is 82.3 Å². The van der Waals surface area contributed by atoms with Gasteiger partial charge in [-0.3, -0.25) is 14.2 Å². The molecule has 1 atom stereocenters. The van der Waals surface area contributed by atoms with Crippen molar-refractivity contribution in [3.8, 4) is 28.6 Å². The fourth-order valence-corrected chi connectivity index (χ4v) is 6.20. The summed E-state index contributed by atoms with van der Waals surface area (Å²) in [5.41, 5.74) is 2.08. The molecule has 1 aliphatic rings. The number of thioether (sulfide) groups is 1. The van der Waals surface area contributed by atoms with Crippen LogP contribution in [0.4, 0.5) is 0 Å². The Labute approximate surface area is 258 Å². The first kappa shape index (κ1) is 29.8. The standard InChI is InChI=1S/C30H29Cl2N5O4S/c1-19-17-35(11-12-36(19)29(39)21-13-22(31)16-23(32)14-21)27(38)18-42-30-34-33-28(20-5-4-6-26(15-20)41-3)37(30)24-7-9-25(40-2)10-8-24/h4-10,13-16,19H,11-12,17-18H2,1-3H3. The summed E-state index contributed by atoms with van der Waals surface area (Å²) in [6, 6.07) is 19.8. The third-order valence-corrected chi connectivity index (χ3v) is 8.32. The third kappa shape index (κ3) is 6.51. The lowest BCUT2D eigenvalue weighted by atomic mass is 10.1. The molecule has 1 saturated heterocycles. The number of carbonyl (C=O) groups is 2. The zero-order valence-electron chi connectivity index (χ0n) is 23.3. The maximum atomic E-state index is 13.3. The highest BCUT2D eigenvalue weighted by molar-refractivity contribution is 7.99. The molecule has 4 aromatic rings. The van der Waals surface area contributed by atoms with E-state index in [1.165, 1.54) is 11.8 Å². The quantitative estimate of drug-likeness (QED) is 0.231. The lowest BCUT2D eigenvalue weighted by molar-refractivity contribution is -0.130. The highest BCUT2D eigenvalue weighted by Crippen LogP contribution is 2.31. The van der Waals surface area contributed by atoms with Crippen LogP contribution in [0.3, 0.4) is 0 Å². The average molecular weight is 627 g/mol. The SMILES string of the molecule is COc1ccc(-n2c(SCC(=O)N3CCN(C(=O)c4cc(Cl)cc(Cl)c4)C(C)C3)nnc2-c2cccc(OC)c2)cc1. The van der Waals surface area contributed by atoms with E-state index in [-0.39, 0.29) is 23.6 Å². The first-order valence-corrected chi connectivity index (χ1v) is 14.9. The van der Waals surface area contributed by atoms with Crippen molar-refractivity contribution in [3.63, 3.8) is 0 Å². The fourth-order valence-electron chi connectivity index (χ4n) is 4.82. The normalized spacial score (nSPS) is 15.0. The summed E-state index contributed by atoms with van der Waals surface area (Å²) < 4.78 is 12.6. The van der Waals surface area contributed by atoms with Gasteiger partial charge in [0.15, 0.2) is 11.0 Å². The molecule has 42 heavy (non-hydrogen) atoms. The molecule has 2 heterocycles. The van der Waals surface area contributed by atoms with Gasteiger partial charge in [0, 0.05) is 52.5 Å². The van der Waals surface area contributed by atoms with Crippen LogP contribution in [0.5, 0.6) is 11.5 Å². The van der Waals surface area contributed by atoms with Crippen LogP contribution >= 0.6 is 35.0 Å². The van der Waals surface area contributed by atoms with Crippen molar-refractivity contribution in [2.75, 3.05) is 39.6 Å². The van der Waals surface area contributed by atoms with Crippen LogP contribution in [0.25, 0.3) is 17.1 Å². The van der Waals surface area contributed by atoms with Crippen molar-refractivity contribution in [1.82, 2.24) is 24.6 Å². The van der Waals surface area contributed by atoms with E-state index in [4.69, 9.17) is 32.7 Å². The number of rotatable bonds is 8. The number of hydrogen-bond acceptors (Lipinski definition) is 7. The molecule has 12 heteroatoms. The van der Waals surface area contributed by atoms with Crippen LogP contribution in [0.2, 0.25) is 10.0 Å². The van der Waals surface area contributed by atoms with Gasteiger partial charge in [-0.05, 0) is 61.5 Å². The van der Waals surface area contributed by atoms with Crippen LogP contribution in [-0.2, 0) is 4.79 Å². The van der Waals surface area contributed by atoms with E-state index in [0.717, 1.165) is 17.0 Å². The molecule has 0 radical (unpaired) electrons. The van der Waals surface area contributed by atoms with Gasteiger partial charge in [-0.2, -0.15) is 0 Å². The zero-order chi connectivity index (χ0) is 29.8. The Bertz CT molecular complexity index is 1580. The van der Waals surface area contributed by atoms with Gasteiger partial charge in [-0.25, -0.2) is 0 Å². The average Bonchev–Trinajstić information content (AvgIpc) is 3.43. The molecule has 1 unspecified atom stereocenters. The number of aromatic nitrogens is 3. The molecule has 0 saturated carbocycles. The fraction of sp³-hybridized carbons (Fsp3) is 0.267. The minimum absolute atomic E-state index is 0.0445. The first-order valence-electron chi connectivity index (χ1n) is 13.2. The Morgan fingerprint density at radius 2 is 1.64 bits per heavy atom. The molecule has 1 fully saturated rings. The lowest BCUT2D eigenvalue weighted by Gasteiger charge is -2.40. The number of methoxy groups -OCH3 is 2. The van der Waals surface area contributed by atoms with Crippen LogP contribution < -0.4 is 9.47 Å². The van der Waals surface area contributed by atoms with Gasteiger partial charge < -0.3 is 19.3 Å². The number of amides is 2. The molecule has 0 aliphatic carbocycles. The molecule has 3 aromatic carbocycles. The summed E-state index contributed by atoms with van der Waals surface area (Å²) in [6.45, 7) is 3.17. The third-order valence-electron chi connectivity index (χ3n) is 6.97. The van der Waals surface area contributed by atoms with Gasteiger partial charge in [-0.15, -0.1) is 10.2 Å². The van der Waals surface area contributed by atoms with Crippen molar-refractivity contribution in [1.29, 1.82) is 0 Å². The number of nitrogens with zero attached hydrogens (tertiary/aromatic N) is 5. The molecule has 0 spiro atoms. The minimum Gasteiger partial charge on any atom is -0.497 e. The number of carbonyl (C=O) groups excluding carboxylic acids is 2. The number of halogens is 2. The van der Waals surface area contributed by atoms with Gasteiger partial charge in [0.1, 0.15) is 11.5 Å². The van der Waals surface area contributed by atoms with Gasteiger partial charge in [0.05, 0.1) is 20.0 Å². The number of piperazine rings is 1. The smallest absolute Gasteiger partial charge is 0.254 e. The summed E-state index contributed by atoms with van der Waals surface area (Å²) in [7, 11) is 3.23. The lowest BCUT2D eigenvalue weighted by Crippen LogP contribution is -2.55. The minimum atomic E-state index is -0.180. The number of benzene rings is 3. The van der Waals surface area contributed by atoms with Crippen molar-refractivity contribution >= 4 is 46.8 Å². The summed E-state index contributed by atoms with van der Waals surface area (Å²) in [5, 5.41) is 10.3. The molecule has 0 N–H and O–H groups in total. The molecular formula is C30H29Cl2N5O4S. The molecule has 1 aliphatic heterocycles. The monoisotopic (exact) mass is 625 g/mol. The predicted octanol–water partition coefficient (Wildman–Crippen LogP) is 5.72. The summed E-state index contributed by atoms with van der Waals surface area (Å²) in [4.78, 5) is 30.0. The van der Waals surface area contributed by atoms with E-state index >= 15 is 0 Å².